The van der Waals surface area contributed by atoms with E-state index in [9.17, 15) is 9.59 Å². The van der Waals surface area contributed by atoms with Gasteiger partial charge in [0, 0.05) is 41.3 Å². The maximum atomic E-state index is 13.4. The summed E-state index contributed by atoms with van der Waals surface area (Å²) in [6.07, 6.45) is 8.44. The van der Waals surface area contributed by atoms with E-state index in [0.29, 0.717) is 17.8 Å². The molecule has 0 radical (unpaired) electrons. The Balaban J connectivity index is 1.33. The summed E-state index contributed by atoms with van der Waals surface area (Å²) in [6, 6.07) is 21.2. The molecule has 2 atom stereocenters. The number of benzene rings is 2. The maximum absolute atomic E-state index is 13.4. The topological polar surface area (TPSA) is 62.3 Å². The number of carbonyl (C=O) groups excluding carboxylic acids is 2. The first-order chi connectivity index (χ1) is 16.9. The van der Waals surface area contributed by atoms with Gasteiger partial charge in [0.05, 0.1) is 11.3 Å². The summed E-state index contributed by atoms with van der Waals surface area (Å²) in [5.41, 5.74) is 5.03. The van der Waals surface area contributed by atoms with E-state index in [4.69, 9.17) is 11.6 Å². The van der Waals surface area contributed by atoms with Gasteiger partial charge in [0.2, 0.25) is 5.91 Å². The number of aromatic nitrogens is 1. The van der Waals surface area contributed by atoms with Gasteiger partial charge < -0.3 is 10.2 Å². The Morgan fingerprint density at radius 1 is 1.11 bits per heavy atom. The summed E-state index contributed by atoms with van der Waals surface area (Å²) in [4.78, 5) is 31.6. The number of anilines is 2. The van der Waals surface area contributed by atoms with Crippen molar-refractivity contribution < 1.29 is 9.59 Å². The quantitative estimate of drug-likeness (QED) is 0.389. The second-order valence-corrected chi connectivity index (χ2v) is 9.90. The van der Waals surface area contributed by atoms with Crippen molar-refractivity contribution >= 4 is 34.8 Å². The first-order valence-electron chi connectivity index (χ1n) is 11.7. The van der Waals surface area contributed by atoms with Gasteiger partial charge in [-0.3, -0.25) is 14.6 Å². The molecular weight excluding hydrogens is 458 g/mol. The van der Waals surface area contributed by atoms with E-state index in [1.165, 1.54) is 0 Å². The Kier molecular flexibility index (Phi) is 6.27. The number of fused-ring (bicyclic) bond motifs is 1. The maximum Gasteiger partial charge on any atom is 0.252 e. The van der Waals surface area contributed by atoms with Gasteiger partial charge in [0.1, 0.15) is 0 Å². The third-order valence-corrected chi connectivity index (χ3v) is 6.64. The van der Waals surface area contributed by atoms with E-state index in [2.05, 4.69) is 10.3 Å². The Bertz CT molecular complexity index is 1320. The van der Waals surface area contributed by atoms with Gasteiger partial charge in [-0.15, -0.1) is 11.6 Å². The van der Waals surface area contributed by atoms with Gasteiger partial charge in [-0.25, -0.2) is 0 Å². The molecular formula is C29H26ClN3O2. The highest BCUT2D eigenvalue weighted by atomic mass is 35.5. The van der Waals surface area contributed by atoms with Crippen molar-refractivity contribution in [3.05, 3.63) is 114 Å². The molecule has 176 valence electrons. The van der Waals surface area contributed by atoms with Crippen molar-refractivity contribution in [1.29, 1.82) is 0 Å². The summed E-state index contributed by atoms with van der Waals surface area (Å²) in [6.45, 7) is 2.49. The number of hydrogen-bond acceptors (Lipinski definition) is 3. The van der Waals surface area contributed by atoms with Gasteiger partial charge in [0.25, 0.3) is 5.91 Å². The molecule has 5 nitrogen and oxygen atoms in total. The van der Waals surface area contributed by atoms with Crippen LogP contribution in [0.2, 0.25) is 0 Å². The minimum absolute atomic E-state index is 0.0190. The van der Waals surface area contributed by atoms with Gasteiger partial charge in [0.15, 0.2) is 0 Å². The fourth-order valence-electron chi connectivity index (χ4n) is 4.68. The van der Waals surface area contributed by atoms with Crippen molar-refractivity contribution in [2.75, 3.05) is 16.8 Å². The number of nitrogens with one attached hydrogen (secondary N) is 1. The standard InChI is InChI=1S/C29H26ClN3O2/c1-29(30)14-12-24(20-7-3-2-4-8-20)25(19-29)28(35)32-23-10-11-26-21(17-23)13-16-33(26)27(34)18-22-9-5-6-15-31-22/h2-12,14-15,17,19,24H,13,16,18H2,1H3,(H,32,35). The molecule has 1 aromatic heterocycles. The van der Waals surface area contributed by atoms with E-state index >= 15 is 0 Å². The lowest BCUT2D eigenvalue weighted by molar-refractivity contribution is -0.118. The van der Waals surface area contributed by atoms with Crippen LogP contribution in [0, 0.1) is 0 Å². The molecule has 2 aliphatic rings. The first-order valence-corrected chi connectivity index (χ1v) is 12.1. The number of carbonyl (C=O) groups is 2. The normalized spacial score (nSPS) is 20.8. The number of alkyl halides is 1. The third-order valence-electron chi connectivity index (χ3n) is 6.40. The van der Waals surface area contributed by atoms with Crippen LogP contribution in [-0.2, 0) is 22.4 Å². The zero-order chi connectivity index (χ0) is 24.4. The van der Waals surface area contributed by atoms with Crippen LogP contribution in [-0.4, -0.2) is 28.2 Å². The predicted molar refractivity (Wildman–Crippen MR) is 140 cm³/mol. The highest BCUT2D eigenvalue weighted by Crippen LogP contribution is 2.37. The lowest BCUT2D eigenvalue weighted by atomic mass is 9.83. The van der Waals surface area contributed by atoms with Crippen LogP contribution in [0.25, 0.3) is 0 Å². The Morgan fingerprint density at radius 2 is 1.91 bits per heavy atom. The van der Waals surface area contributed by atoms with Crippen LogP contribution in [0.4, 0.5) is 11.4 Å². The Hall–Kier alpha value is -3.70. The molecule has 0 saturated carbocycles. The van der Waals surface area contributed by atoms with E-state index in [1.54, 1.807) is 11.1 Å². The molecule has 1 aliphatic heterocycles. The summed E-state index contributed by atoms with van der Waals surface area (Å²) in [5.74, 6) is -0.334. The molecule has 2 aromatic carbocycles. The number of nitrogens with zero attached hydrogens (tertiary/aromatic N) is 2. The van der Waals surface area contributed by atoms with Crippen LogP contribution in [0.1, 0.15) is 29.7 Å². The molecule has 2 unspecified atom stereocenters. The molecule has 0 saturated heterocycles. The smallest absolute Gasteiger partial charge is 0.252 e. The number of allylic oxidation sites excluding steroid dienone is 3. The van der Waals surface area contributed by atoms with Crippen LogP contribution in [0.5, 0.6) is 0 Å². The molecule has 3 aromatic rings. The van der Waals surface area contributed by atoms with Crippen LogP contribution in [0.3, 0.4) is 0 Å². The molecule has 2 amide bonds. The highest BCUT2D eigenvalue weighted by molar-refractivity contribution is 6.27. The molecule has 0 fully saturated rings. The van der Waals surface area contributed by atoms with Gasteiger partial charge in [-0.2, -0.15) is 0 Å². The fourth-order valence-corrected chi connectivity index (χ4v) is 4.87. The Morgan fingerprint density at radius 3 is 2.69 bits per heavy atom. The second kappa shape index (κ2) is 9.51. The molecule has 0 bridgehead atoms. The van der Waals surface area contributed by atoms with E-state index in [-0.39, 0.29) is 24.2 Å². The number of rotatable bonds is 5. The molecule has 0 spiro atoms. The second-order valence-electron chi connectivity index (χ2n) is 9.09. The predicted octanol–water partition coefficient (Wildman–Crippen LogP) is 5.43. The SMILES string of the molecule is CC1(Cl)C=CC(c2ccccc2)C(C(=O)Nc2ccc3c(c2)CCN3C(=O)Cc2ccccn2)=C1. The molecule has 5 rings (SSSR count). The number of pyridine rings is 1. The van der Waals surface area contributed by atoms with Crippen LogP contribution >= 0.6 is 11.6 Å². The molecule has 1 aliphatic carbocycles. The summed E-state index contributed by atoms with van der Waals surface area (Å²) in [5, 5.41) is 3.05. The van der Waals surface area contributed by atoms with E-state index < -0.39 is 4.87 Å². The lowest BCUT2D eigenvalue weighted by Gasteiger charge is -2.26. The average molecular weight is 484 g/mol. The first kappa shape index (κ1) is 23.1. The number of amides is 2. The average Bonchev–Trinajstić information content (AvgIpc) is 3.28. The van der Waals surface area contributed by atoms with Gasteiger partial charge in [-0.05, 0) is 54.8 Å². The summed E-state index contributed by atoms with van der Waals surface area (Å²) in [7, 11) is 0. The largest absolute Gasteiger partial charge is 0.322 e. The van der Waals surface area contributed by atoms with Crippen molar-refractivity contribution in [1.82, 2.24) is 4.98 Å². The van der Waals surface area contributed by atoms with Crippen molar-refractivity contribution in [3.8, 4) is 0 Å². The summed E-state index contributed by atoms with van der Waals surface area (Å²) < 4.78 is 0. The lowest BCUT2D eigenvalue weighted by Crippen LogP contribution is -2.30. The zero-order valence-corrected chi connectivity index (χ0v) is 20.2. The Labute approximate surface area is 210 Å². The van der Waals surface area contributed by atoms with Crippen molar-refractivity contribution in [2.24, 2.45) is 0 Å². The molecule has 6 heteroatoms. The van der Waals surface area contributed by atoms with E-state index in [1.807, 2.05) is 91.9 Å². The monoisotopic (exact) mass is 483 g/mol. The fraction of sp³-hybridized carbons (Fsp3) is 0.207. The van der Waals surface area contributed by atoms with Crippen LogP contribution < -0.4 is 10.2 Å². The van der Waals surface area contributed by atoms with Crippen molar-refractivity contribution in [3.63, 3.8) is 0 Å². The highest BCUT2D eigenvalue weighted by Gasteiger charge is 2.30. The molecule has 1 N–H and O–H groups in total. The number of halogens is 1. The minimum atomic E-state index is -0.718. The third kappa shape index (κ3) is 5.05. The van der Waals surface area contributed by atoms with Crippen LogP contribution in [0.15, 0.2) is 96.7 Å². The molecule has 2 heterocycles. The number of hydrogen-bond donors (Lipinski definition) is 1. The van der Waals surface area contributed by atoms with Gasteiger partial charge >= 0.3 is 0 Å². The van der Waals surface area contributed by atoms with Gasteiger partial charge in [-0.1, -0.05) is 54.6 Å². The summed E-state index contributed by atoms with van der Waals surface area (Å²) >= 11 is 6.56. The molecule has 35 heavy (non-hydrogen) atoms. The van der Waals surface area contributed by atoms with Crippen molar-refractivity contribution in [2.45, 2.75) is 30.6 Å². The minimum Gasteiger partial charge on any atom is -0.322 e. The van der Waals surface area contributed by atoms with E-state index in [0.717, 1.165) is 28.9 Å². The zero-order valence-electron chi connectivity index (χ0n) is 19.4.